The summed E-state index contributed by atoms with van der Waals surface area (Å²) in [5.74, 6) is 1.39. The molecule has 0 spiro atoms. The summed E-state index contributed by atoms with van der Waals surface area (Å²) in [6.07, 6.45) is 5.48. The molecule has 2 aromatic rings. The fraction of sp³-hybridized carbons (Fsp3) is 0.643. The van der Waals surface area contributed by atoms with Crippen molar-refractivity contribution < 1.29 is 22.4 Å². The Morgan fingerprint density at radius 1 is 1.10 bits per heavy atom. The van der Waals surface area contributed by atoms with Crippen LogP contribution in [0.1, 0.15) is 53.2 Å². The molecule has 3 aliphatic rings. The van der Waals surface area contributed by atoms with Crippen LogP contribution in [-0.2, 0) is 16.6 Å². The molecule has 11 heteroatoms. The van der Waals surface area contributed by atoms with Gasteiger partial charge in [0.25, 0.3) is 5.91 Å². The molecule has 3 fully saturated rings. The summed E-state index contributed by atoms with van der Waals surface area (Å²) in [6, 6.07) is 3.37. The number of rotatable bonds is 9. The molecule has 0 radical (unpaired) electrons. The molecular formula is C28H41N5O5S. The Labute approximate surface area is 231 Å². The first kappa shape index (κ1) is 28.1. The van der Waals surface area contributed by atoms with E-state index in [1.54, 1.807) is 33.1 Å². The molecule has 1 unspecified atom stereocenters. The standard InChI is InChI=1S/C28H41N5O5S/c1-20-14-24(37-4)15-21(2)27(20)39(35,36)33(23-7-8-23)18-26-29-25(19-38-26)28(34)32-12-10-31(11-13-32)17-22-6-5-9-30(3)16-22/h14-15,19,22-23H,5-13,16-18H2,1-4H3. The minimum atomic E-state index is -3.80. The van der Waals surface area contributed by atoms with Gasteiger partial charge in [-0.1, -0.05) is 0 Å². The number of sulfonamides is 1. The number of piperazine rings is 1. The van der Waals surface area contributed by atoms with E-state index in [2.05, 4.69) is 21.8 Å². The lowest BCUT2D eigenvalue weighted by atomic mass is 9.97. The number of carbonyl (C=O) groups excluding carboxylic acids is 1. The summed E-state index contributed by atoms with van der Waals surface area (Å²) >= 11 is 0. The minimum Gasteiger partial charge on any atom is -0.497 e. The second kappa shape index (κ2) is 11.6. The highest BCUT2D eigenvalue weighted by atomic mass is 32.2. The highest BCUT2D eigenvalue weighted by Gasteiger charge is 2.40. The lowest BCUT2D eigenvalue weighted by Crippen LogP contribution is -2.51. The van der Waals surface area contributed by atoms with Gasteiger partial charge in [-0.25, -0.2) is 13.4 Å². The minimum absolute atomic E-state index is 0.00516. The fourth-order valence-electron chi connectivity index (χ4n) is 6.02. The third-order valence-electron chi connectivity index (χ3n) is 8.15. The third-order valence-corrected chi connectivity index (χ3v) is 10.4. The molecule has 10 nitrogen and oxygen atoms in total. The second-order valence-electron chi connectivity index (χ2n) is 11.4. The van der Waals surface area contributed by atoms with Gasteiger partial charge in [0.05, 0.1) is 18.6 Å². The topological polar surface area (TPSA) is 99.4 Å². The number of amides is 1. The van der Waals surface area contributed by atoms with Crippen LogP contribution in [0.3, 0.4) is 0 Å². The SMILES string of the molecule is COc1cc(C)c(S(=O)(=O)N(Cc2nc(C(=O)N3CCN(CC4CCCN(C)C4)CC3)co2)C2CC2)c(C)c1. The highest BCUT2D eigenvalue weighted by molar-refractivity contribution is 7.89. The highest BCUT2D eigenvalue weighted by Crippen LogP contribution is 2.36. The van der Waals surface area contributed by atoms with Crippen molar-refractivity contribution in [3.05, 3.63) is 41.1 Å². The number of hydrogen-bond acceptors (Lipinski definition) is 8. The molecule has 0 N–H and O–H groups in total. The average molecular weight is 560 g/mol. The molecular weight excluding hydrogens is 518 g/mol. The van der Waals surface area contributed by atoms with Crippen molar-refractivity contribution >= 4 is 15.9 Å². The number of carbonyl (C=O) groups is 1. The van der Waals surface area contributed by atoms with Crippen molar-refractivity contribution in [2.45, 2.75) is 57.0 Å². The number of benzene rings is 1. The predicted molar refractivity (Wildman–Crippen MR) is 147 cm³/mol. The van der Waals surface area contributed by atoms with Gasteiger partial charge in [0.2, 0.25) is 15.9 Å². The Balaban J connectivity index is 1.22. The van der Waals surface area contributed by atoms with Crippen LogP contribution in [0.4, 0.5) is 0 Å². The first-order valence-corrected chi connectivity index (χ1v) is 15.4. The van der Waals surface area contributed by atoms with Gasteiger partial charge in [0, 0.05) is 45.3 Å². The van der Waals surface area contributed by atoms with E-state index < -0.39 is 10.0 Å². The number of piperidine rings is 1. The van der Waals surface area contributed by atoms with Crippen LogP contribution in [0.2, 0.25) is 0 Å². The zero-order valence-electron chi connectivity index (χ0n) is 23.6. The summed E-state index contributed by atoms with van der Waals surface area (Å²) < 4.78 is 40.0. The van der Waals surface area contributed by atoms with E-state index >= 15 is 0 Å². The molecule has 214 valence electrons. The van der Waals surface area contributed by atoms with Gasteiger partial charge in [0.15, 0.2) is 5.69 Å². The molecule has 39 heavy (non-hydrogen) atoms. The van der Waals surface area contributed by atoms with E-state index in [9.17, 15) is 13.2 Å². The zero-order chi connectivity index (χ0) is 27.7. The van der Waals surface area contributed by atoms with Gasteiger partial charge in [-0.2, -0.15) is 4.31 Å². The van der Waals surface area contributed by atoms with Crippen LogP contribution >= 0.6 is 0 Å². The van der Waals surface area contributed by atoms with Crippen LogP contribution < -0.4 is 4.74 Å². The van der Waals surface area contributed by atoms with Crippen molar-refractivity contribution in [2.75, 3.05) is 60.0 Å². The van der Waals surface area contributed by atoms with Gasteiger partial charge >= 0.3 is 0 Å². The Hall–Kier alpha value is -2.47. The fourth-order valence-corrected chi connectivity index (χ4v) is 8.07. The first-order chi connectivity index (χ1) is 18.7. The molecule has 1 saturated carbocycles. The molecule has 2 saturated heterocycles. The number of likely N-dealkylation sites (tertiary alicyclic amines) is 1. The summed E-state index contributed by atoms with van der Waals surface area (Å²) in [7, 11) is -0.0459. The van der Waals surface area contributed by atoms with Gasteiger partial charge in [-0.15, -0.1) is 0 Å². The number of hydrogen-bond donors (Lipinski definition) is 0. The molecule has 1 aliphatic carbocycles. The van der Waals surface area contributed by atoms with Crippen molar-refractivity contribution in [3.63, 3.8) is 0 Å². The van der Waals surface area contributed by atoms with Gasteiger partial charge < -0.3 is 19.0 Å². The van der Waals surface area contributed by atoms with Crippen LogP contribution in [0, 0.1) is 19.8 Å². The lowest BCUT2D eigenvalue weighted by Gasteiger charge is -2.38. The van der Waals surface area contributed by atoms with Gasteiger partial charge in [0.1, 0.15) is 12.0 Å². The number of ether oxygens (including phenoxy) is 1. The predicted octanol–water partition coefficient (Wildman–Crippen LogP) is 2.75. The summed E-state index contributed by atoms with van der Waals surface area (Å²) in [6.45, 7) is 9.98. The largest absolute Gasteiger partial charge is 0.497 e. The van der Waals surface area contributed by atoms with E-state index in [1.165, 1.54) is 30.0 Å². The van der Waals surface area contributed by atoms with E-state index in [1.807, 2.05) is 4.90 Å². The van der Waals surface area contributed by atoms with Gasteiger partial charge in [-0.3, -0.25) is 9.69 Å². The average Bonchev–Trinajstić information content (AvgIpc) is 3.63. The molecule has 1 aromatic carbocycles. The number of aryl methyl sites for hydroxylation is 2. The molecule has 0 bridgehead atoms. The smallest absolute Gasteiger partial charge is 0.275 e. The quantitative estimate of drug-likeness (QED) is 0.463. The van der Waals surface area contributed by atoms with E-state index in [0.29, 0.717) is 35.9 Å². The lowest BCUT2D eigenvalue weighted by molar-refractivity contribution is 0.0583. The van der Waals surface area contributed by atoms with E-state index in [-0.39, 0.29) is 35.0 Å². The zero-order valence-corrected chi connectivity index (χ0v) is 24.4. The third kappa shape index (κ3) is 6.32. The molecule has 1 amide bonds. The number of nitrogens with zero attached hydrogens (tertiary/aromatic N) is 5. The van der Waals surface area contributed by atoms with Crippen molar-refractivity contribution in [1.29, 1.82) is 0 Å². The van der Waals surface area contributed by atoms with Crippen LogP contribution in [0.15, 0.2) is 27.7 Å². The van der Waals surface area contributed by atoms with E-state index in [4.69, 9.17) is 9.15 Å². The van der Waals surface area contributed by atoms with E-state index in [0.717, 1.165) is 39.0 Å². The molecule has 2 aliphatic heterocycles. The summed E-state index contributed by atoms with van der Waals surface area (Å²) in [5.41, 5.74) is 1.50. The number of methoxy groups -OCH3 is 1. The van der Waals surface area contributed by atoms with Crippen molar-refractivity contribution in [3.8, 4) is 5.75 Å². The number of oxazole rings is 1. The van der Waals surface area contributed by atoms with Crippen LogP contribution in [0.25, 0.3) is 0 Å². The van der Waals surface area contributed by atoms with Crippen LogP contribution in [-0.4, -0.2) is 104 Å². The maximum absolute atomic E-state index is 13.8. The monoisotopic (exact) mass is 559 g/mol. The first-order valence-electron chi connectivity index (χ1n) is 14.0. The van der Waals surface area contributed by atoms with Crippen molar-refractivity contribution in [1.82, 2.24) is 24.0 Å². The molecule has 1 aromatic heterocycles. The summed E-state index contributed by atoms with van der Waals surface area (Å²) in [5, 5.41) is 0. The number of aromatic nitrogens is 1. The van der Waals surface area contributed by atoms with Crippen molar-refractivity contribution in [2.24, 2.45) is 5.92 Å². The molecule has 1 atom stereocenters. The Kier molecular flexibility index (Phi) is 8.32. The van der Waals surface area contributed by atoms with Gasteiger partial charge in [-0.05, 0) is 82.3 Å². The van der Waals surface area contributed by atoms with Crippen LogP contribution in [0.5, 0.6) is 5.75 Å². The Morgan fingerprint density at radius 3 is 2.41 bits per heavy atom. The normalized spacial score (nSPS) is 21.5. The molecule has 5 rings (SSSR count). The maximum Gasteiger partial charge on any atom is 0.275 e. The summed E-state index contributed by atoms with van der Waals surface area (Å²) in [4.78, 5) is 24.6. The Morgan fingerprint density at radius 2 is 1.79 bits per heavy atom. The molecule has 3 heterocycles. The second-order valence-corrected chi connectivity index (χ2v) is 13.2. The Bertz CT molecular complexity index is 1260. The maximum atomic E-state index is 13.8.